The van der Waals surface area contributed by atoms with Crippen molar-refractivity contribution in [2.24, 2.45) is 11.1 Å². The van der Waals surface area contributed by atoms with E-state index in [9.17, 15) is 14.7 Å². The van der Waals surface area contributed by atoms with Gasteiger partial charge < -0.3 is 15.8 Å². The van der Waals surface area contributed by atoms with E-state index in [1.54, 1.807) is 24.3 Å². The van der Waals surface area contributed by atoms with E-state index in [1.807, 2.05) is 20.8 Å². The molecule has 1 atom stereocenters. The number of aliphatic carboxylic acids is 1. The van der Waals surface area contributed by atoms with Crippen molar-refractivity contribution in [2.75, 3.05) is 0 Å². The van der Waals surface area contributed by atoms with Gasteiger partial charge in [0, 0.05) is 11.6 Å². The Morgan fingerprint density at radius 1 is 1.23 bits per heavy atom. The third kappa shape index (κ3) is 3.67. The predicted molar refractivity (Wildman–Crippen MR) is 89.4 cm³/mol. The lowest BCUT2D eigenvalue weighted by molar-refractivity contribution is -0.145. The van der Waals surface area contributed by atoms with Crippen LogP contribution < -0.4 is 11.3 Å². The number of aromatic amines is 1. The number of benzene rings is 1. The molecule has 0 aliphatic carbocycles. The third-order valence-electron chi connectivity index (χ3n) is 3.43. The normalized spacial score (nSPS) is 14.2. The first-order valence-corrected chi connectivity index (χ1v) is 6.78. The Morgan fingerprint density at radius 3 is 2.41 bits per heavy atom. The number of pyridine rings is 1. The molecule has 0 unspecified atom stereocenters. The zero-order chi connectivity index (χ0) is 15.8. The highest BCUT2D eigenvalue weighted by atomic mass is 35.5. The second-order valence-corrected chi connectivity index (χ2v) is 6.64. The summed E-state index contributed by atoms with van der Waals surface area (Å²) in [5.41, 5.74) is 5.51. The number of aromatic nitrogens is 1. The van der Waals surface area contributed by atoms with E-state index in [0.717, 1.165) is 5.39 Å². The highest BCUT2D eigenvalue weighted by molar-refractivity contribution is 5.85. The largest absolute Gasteiger partial charge is 0.480 e. The predicted octanol–water partition coefficient (Wildman–Crippen LogP) is 2.62. The van der Waals surface area contributed by atoms with Crippen LogP contribution in [0.4, 0.5) is 0 Å². The molecule has 0 radical (unpaired) electrons. The zero-order valence-electron chi connectivity index (χ0n) is 12.8. The summed E-state index contributed by atoms with van der Waals surface area (Å²) in [6.07, 6.45) is 0.310. The molecule has 0 amide bonds. The van der Waals surface area contributed by atoms with Gasteiger partial charge in [-0.2, -0.15) is 0 Å². The molecule has 2 rings (SSSR count). The smallest absolute Gasteiger partial charge is 0.328 e. The number of hydrogen-bond donors (Lipinski definition) is 3. The van der Waals surface area contributed by atoms with Gasteiger partial charge in [-0.3, -0.25) is 4.79 Å². The fourth-order valence-electron chi connectivity index (χ4n) is 2.57. The summed E-state index contributed by atoms with van der Waals surface area (Å²) in [7, 11) is 0. The SMILES string of the molecule is CC(C)(C)C[C@](N)(C(=O)O)c1ccc2[nH]c(=O)ccc2c1.Cl. The topological polar surface area (TPSA) is 96.2 Å². The van der Waals surface area contributed by atoms with Crippen LogP contribution in [0.3, 0.4) is 0 Å². The van der Waals surface area contributed by atoms with Crippen LogP contribution in [0.2, 0.25) is 0 Å². The minimum Gasteiger partial charge on any atom is -0.480 e. The first-order chi connectivity index (χ1) is 9.62. The van der Waals surface area contributed by atoms with Crippen molar-refractivity contribution in [1.29, 1.82) is 0 Å². The molecular formula is C16H21ClN2O3. The Morgan fingerprint density at radius 2 is 1.86 bits per heavy atom. The molecular weight excluding hydrogens is 304 g/mol. The van der Waals surface area contributed by atoms with Crippen LogP contribution in [0.15, 0.2) is 35.1 Å². The number of carboxylic acid groups (broad SMARTS) is 1. The molecule has 1 heterocycles. The number of halogens is 1. The van der Waals surface area contributed by atoms with E-state index >= 15 is 0 Å². The number of nitrogens with one attached hydrogen (secondary N) is 1. The molecule has 0 bridgehead atoms. The minimum absolute atomic E-state index is 0. The molecule has 0 fully saturated rings. The molecule has 0 aliphatic rings. The number of carbonyl (C=O) groups is 1. The van der Waals surface area contributed by atoms with E-state index in [1.165, 1.54) is 6.07 Å². The fraction of sp³-hybridized carbons (Fsp3) is 0.375. The Bertz CT molecular complexity index is 749. The highest BCUT2D eigenvalue weighted by Crippen LogP contribution is 2.34. The number of fused-ring (bicyclic) bond motifs is 1. The molecule has 0 saturated carbocycles. The van der Waals surface area contributed by atoms with Crippen LogP contribution in [0, 0.1) is 5.41 Å². The standard InChI is InChI=1S/C16H20N2O3.ClH/c1-15(2,3)9-16(17,14(20)21)11-5-6-12-10(8-11)4-7-13(19)18-12;/h4-8H,9,17H2,1-3H3,(H,18,19)(H,20,21);1H/t16-;/m1./s1. The molecule has 0 aliphatic heterocycles. The average Bonchev–Trinajstić information content (AvgIpc) is 2.35. The quantitative estimate of drug-likeness (QED) is 0.808. The van der Waals surface area contributed by atoms with Crippen LogP contribution in [-0.2, 0) is 10.3 Å². The Kier molecular flexibility index (Phi) is 5.05. The highest BCUT2D eigenvalue weighted by Gasteiger charge is 2.39. The van der Waals surface area contributed by atoms with E-state index in [2.05, 4.69) is 4.98 Å². The molecule has 22 heavy (non-hydrogen) atoms. The monoisotopic (exact) mass is 324 g/mol. The second-order valence-electron chi connectivity index (χ2n) is 6.64. The number of carboxylic acids is 1. The van der Waals surface area contributed by atoms with Crippen molar-refractivity contribution in [1.82, 2.24) is 4.98 Å². The summed E-state index contributed by atoms with van der Waals surface area (Å²) >= 11 is 0. The van der Waals surface area contributed by atoms with Gasteiger partial charge in [0.2, 0.25) is 5.56 Å². The van der Waals surface area contributed by atoms with Crippen molar-refractivity contribution in [3.8, 4) is 0 Å². The van der Waals surface area contributed by atoms with E-state index in [0.29, 0.717) is 17.5 Å². The Labute approximate surface area is 134 Å². The fourth-order valence-corrected chi connectivity index (χ4v) is 2.57. The number of H-pyrrole nitrogens is 1. The molecule has 5 nitrogen and oxygen atoms in total. The molecule has 1 aromatic carbocycles. The maximum absolute atomic E-state index is 11.7. The third-order valence-corrected chi connectivity index (χ3v) is 3.43. The van der Waals surface area contributed by atoms with Gasteiger partial charge >= 0.3 is 5.97 Å². The van der Waals surface area contributed by atoms with E-state index < -0.39 is 11.5 Å². The van der Waals surface area contributed by atoms with Gasteiger partial charge in [-0.25, -0.2) is 4.79 Å². The summed E-state index contributed by atoms with van der Waals surface area (Å²) in [6, 6.07) is 8.16. The van der Waals surface area contributed by atoms with E-state index in [4.69, 9.17) is 5.73 Å². The lowest BCUT2D eigenvalue weighted by Crippen LogP contribution is -2.47. The molecule has 120 valence electrons. The number of nitrogens with two attached hydrogens (primary N) is 1. The minimum atomic E-state index is -1.46. The lowest BCUT2D eigenvalue weighted by Gasteiger charge is -2.32. The number of hydrogen-bond acceptors (Lipinski definition) is 3. The van der Waals surface area contributed by atoms with Crippen molar-refractivity contribution in [3.05, 3.63) is 46.2 Å². The molecule has 1 aromatic heterocycles. The van der Waals surface area contributed by atoms with Crippen LogP contribution in [-0.4, -0.2) is 16.1 Å². The summed E-state index contributed by atoms with van der Waals surface area (Å²) in [5.74, 6) is -1.05. The summed E-state index contributed by atoms with van der Waals surface area (Å²) < 4.78 is 0. The van der Waals surface area contributed by atoms with Crippen molar-refractivity contribution >= 4 is 29.3 Å². The summed E-state index contributed by atoms with van der Waals surface area (Å²) in [4.78, 5) is 25.7. The van der Waals surface area contributed by atoms with Crippen LogP contribution in [0.25, 0.3) is 10.9 Å². The number of rotatable bonds is 3. The summed E-state index contributed by atoms with van der Waals surface area (Å²) in [6.45, 7) is 5.86. The first kappa shape index (κ1) is 18.2. The van der Waals surface area contributed by atoms with Gasteiger partial charge in [0.1, 0.15) is 5.54 Å². The molecule has 0 saturated heterocycles. The second kappa shape index (κ2) is 6.10. The van der Waals surface area contributed by atoms with Crippen molar-refractivity contribution < 1.29 is 9.90 Å². The molecule has 4 N–H and O–H groups in total. The van der Waals surface area contributed by atoms with Crippen LogP contribution in [0.1, 0.15) is 32.8 Å². The summed E-state index contributed by atoms with van der Waals surface area (Å²) in [5, 5.41) is 10.3. The maximum Gasteiger partial charge on any atom is 0.328 e. The van der Waals surface area contributed by atoms with Crippen LogP contribution in [0.5, 0.6) is 0 Å². The van der Waals surface area contributed by atoms with Gasteiger partial charge in [0.05, 0.1) is 0 Å². The molecule has 0 spiro atoms. The molecule has 6 heteroatoms. The Hall–Kier alpha value is -1.85. The van der Waals surface area contributed by atoms with Gasteiger partial charge in [-0.15, -0.1) is 12.4 Å². The van der Waals surface area contributed by atoms with Crippen molar-refractivity contribution in [3.63, 3.8) is 0 Å². The lowest BCUT2D eigenvalue weighted by atomic mass is 9.76. The zero-order valence-corrected chi connectivity index (χ0v) is 13.7. The van der Waals surface area contributed by atoms with Gasteiger partial charge in [0.25, 0.3) is 0 Å². The van der Waals surface area contributed by atoms with Gasteiger partial charge in [-0.05, 0) is 41.0 Å². The maximum atomic E-state index is 11.7. The van der Waals surface area contributed by atoms with E-state index in [-0.39, 0.29) is 23.4 Å². The average molecular weight is 325 g/mol. The Balaban J connectivity index is 0.00000242. The van der Waals surface area contributed by atoms with Crippen molar-refractivity contribution in [2.45, 2.75) is 32.7 Å². The van der Waals surface area contributed by atoms with Crippen LogP contribution >= 0.6 is 12.4 Å². The first-order valence-electron chi connectivity index (χ1n) is 6.78. The van der Waals surface area contributed by atoms with Gasteiger partial charge in [0.15, 0.2) is 0 Å². The molecule has 2 aromatic rings. The van der Waals surface area contributed by atoms with Gasteiger partial charge in [-0.1, -0.05) is 26.8 Å².